The molecule has 0 aliphatic carbocycles. The largest absolute Gasteiger partial charge is 0.477 e. The maximum absolute atomic E-state index is 13.0. The Hall–Kier alpha value is -1.62. The number of nitrogen functional groups attached to an aromatic ring is 1. The first-order chi connectivity index (χ1) is 6.59. The van der Waals surface area contributed by atoms with Crippen LogP contribution in [-0.4, -0.2) is 11.1 Å². The summed E-state index contributed by atoms with van der Waals surface area (Å²) in [5, 5.41) is 9.38. The molecule has 2 aromatic rings. The van der Waals surface area contributed by atoms with Crippen LogP contribution in [0, 0.1) is 5.82 Å². The summed E-state index contributed by atoms with van der Waals surface area (Å²) in [4.78, 5) is 10.8. The van der Waals surface area contributed by atoms with Gasteiger partial charge in [0.25, 0.3) is 0 Å². The lowest BCUT2D eigenvalue weighted by Gasteiger charge is -1.95. The van der Waals surface area contributed by atoms with Gasteiger partial charge in [0.05, 0.1) is 10.4 Å². The van der Waals surface area contributed by atoms with Crippen LogP contribution in [0.25, 0.3) is 10.1 Å². The van der Waals surface area contributed by atoms with Crippen molar-refractivity contribution in [2.24, 2.45) is 0 Å². The number of carboxylic acids is 1. The number of carboxylic acid groups (broad SMARTS) is 1. The average molecular weight is 211 g/mol. The normalized spacial score (nSPS) is 10.6. The number of hydrogen-bond acceptors (Lipinski definition) is 3. The summed E-state index contributed by atoms with van der Waals surface area (Å²) in [5.74, 6) is -1.54. The van der Waals surface area contributed by atoms with Crippen molar-refractivity contribution in [2.75, 3.05) is 5.73 Å². The number of carbonyl (C=O) groups is 1. The molecule has 0 fully saturated rings. The zero-order valence-electron chi connectivity index (χ0n) is 6.95. The summed E-state index contributed by atoms with van der Waals surface area (Å²) in [7, 11) is 0. The molecule has 0 aliphatic heterocycles. The maximum Gasteiger partial charge on any atom is 0.345 e. The highest BCUT2D eigenvalue weighted by Gasteiger charge is 2.11. The third-order valence-electron chi connectivity index (χ3n) is 1.88. The summed E-state index contributed by atoms with van der Waals surface area (Å²) in [5.41, 5.74) is 5.49. The lowest BCUT2D eigenvalue weighted by atomic mass is 10.2. The van der Waals surface area contributed by atoms with Gasteiger partial charge in [-0.05, 0) is 17.5 Å². The Morgan fingerprint density at radius 1 is 1.50 bits per heavy atom. The Morgan fingerprint density at radius 3 is 2.86 bits per heavy atom. The molecule has 14 heavy (non-hydrogen) atoms. The zero-order valence-corrected chi connectivity index (χ0v) is 7.77. The maximum atomic E-state index is 13.0. The van der Waals surface area contributed by atoms with E-state index in [1.54, 1.807) is 0 Å². The molecule has 0 unspecified atom stereocenters. The Balaban J connectivity index is 2.77. The van der Waals surface area contributed by atoms with Crippen molar-refractivity contribution < 1.29 is 14.3 Å². The third kappa shape index (κ3) is 1.22. The first-order valence-corrected chi connectivity index (χ1v) is 4.62. The van der Waals surface area contributed by atoms with E-state index in [4.69, 9.17) is 10.8 Å². The van der Waals surface area contributed by atoms with E-state index in [2.05, 4.69) is 0 Å². The number of aromatic carboxylic acids is 1. The van der Waals surface area contributed by atoms with Crippen molar-refractivity contribution in [2.45, 2.75) is 0 Å². The van der Waals surface area contributed by atoms with Gasteiger partial charge < -0.3 is 10.8 Å². The highest BCUT2D eigenvalue weighted by Crippen LogP contribution is 2.31. The number of thiophene rings is 1. The number of benzene rings is 1. The van der Waals surface area contributed by atoms with E-state index in [0.29, 0.717) is 10.1 Å². The molecular formula is C9H6FNO2S. The van der Waals surface area contributed by atoms with Crippen molar-refractivity contribution in [3.8, 4) is 0 Å². The molecule has 1 aromatic carbocycles. The minimum atomic E-state index is -1.02. The molecule has 3 N–H and O–H groups in total. The van der Waals surface area contributed by atoms with E-state index in [1.807, 2.05) is 0 Å². The van der Waals surface area contributed by atoms with Crippen LogP contribution in [0.2, 0.25) is 0 Å². The van der Waals surface area contributed by atoms with Crippen molar-refractivity contribution in [3.63, 3.8) is 0 Å². The fourth-order valence-electron chi connectivity index (χ4n) is 1.21. The standard InChI is InChI=1S/C9H6FNO2S/c10-5-2-1-4-3-6(9(12)13)14-8(4)7(5)11/h1-3H,11H2,(H,12,13). The number of hydrogen-bond donors (Lipinski definition) is 2. The van der Waals surface area contributed by atoms with E-state index in [-0.39, 0.29) is 10.6 Å². The second-order valence-electron chi connectivity index (χ2n) is 2.80. The molecule has 5 heteroatoms. The number of fused-ring (bicyclic) bond motifs is 1. The molecule has 2 rings (SSSR count). The van der Waals surface area contributed by atoms with Gasteiger partial charge in [0.15, 0.2) is 0 Å². The molecule has 0 spiro atoms. The summed E-state index contributed by atoms with van der Waals surface area (Å²) in [6.45, 7) is 0. The molecular weight excluding hydrogens is 205 g/mol. The van der Waals surface area contributed by atoms with Crippen molar-refractivity contribution >= 4 is 33.1 Å². The molecule has 1 aromatic heterocycles. The fourth-order valence-corrected chi connectivity index (χ4v) is 2.15. The number of halogens is 1. The van der Waals surface area contributed by atoms with E-state index >= 15 is 0 Å². The van der Waals surface area contributed by atoms with Gasteiger partial charge in [-0.3, -0.25) is 0 Å². The first kappa shape index (κ1) is 8.96. The van der Waals surface area contributed by atoms with Gasteiger partial charge in [0.2, 0.25) is 0 Å². The van der Waals surface area contributed by atoms with Crippen molar-refractivity contribution in [3.05, 3.63) is 28.9 Å². The van der Waals surface area contributed by atoms with Gasteiger partial charge in [0.1, 0.15) is 10.7 Å². The Bertz CT molecular complexity index is 521. The molecule has 1 heterocycles. The molecule has 0 radical (unpaired) electrons. The van der Waals surface area contributed by atoms with Crippen LogP contribution in [0.4, 0.5) is 10.1 Å². The smallest absolute Gasteiger partial charge is 0.345 e. The van der Waals surface area contributed by atoms with E-state index in [9.17, 15) is 9.18 Å². The second-order valence-corrected chi connectivity index (χ2v) is 3.85. The average Bonchev–Trinajstić information content (AvgIpc) is 2.56. The number of anilines is 1. The monoisotopic (exact) mass is 211 g/mol. The molecule has 3 nitrogen and oxygen atoms in total. The van der Waals surface area contributed by atoms with E-state index < -0.39 is 11.8 Å². The summed E-state index contributed by atoms with van der Waals surface area (Å²) < 4.78 is 13.5. The molecule has 0 saturated heterocycles. The Kier molecular flexibility index (Phi) is 1.89. The Morgan fingerprint density at radius 2 is 2.21 bits per heavy atom. The molecule has 0 aliphatic rings. The summed E-state index contributed by atoms with van der Waals surface area (Å²) in [6, 6.07) is 4.23. The van der Waals surface area contributed by atoms with Crippen molar-refractivity contribution in [1.82, 2.24) is 0 Å². The second kappa shape index (κ2) is 2.95. The van der Waals surface area contributed by atoms with Gasteiger partial charge in [0, 0.05) is 0 Å². The van der Waals surface area contributed by atoms with Crippen LogP contribution < -0.4 is 5.73 Å². The van der Waals surface area contributed by atoms with Crippen LogP contribution in [0.15, 0.2) is 18.2 Å². The minimum absolute atomic E-state index is 0.0139. The van der Waals surface area contributed by atoms with E-state index in [1.165, 1.54) is 18.2 Å². The zero-order chi connectivity index (χ0) is 10.3. The van der Waals surface area contributed by atoms with Gasteiger partial charge in [-0.15, -0.1) is 11.3 Å². The first-order valence-electron chi connectivity index (χ1n) is 3.80. The van der Waals surface area contributed by atoms with Crippen LogP contribution in [0.3, 0.4) is 0 Å². The molecule has 0 atom stereocenters. The Labute approximate surface area is 82.6 Å². The van der Waals surface area contributed by atoms with Crippen LogP contribution in [0.5, 0.6) is 0 Å². The van der Waals surface area contributed by atoms with Crippen molar-refractivity contribution in [1.29, 1.82) is 0 Å². The predicted molar refractivity (Wildman–Crippen MR) is 53.2 cm³/mol. The molecule has 0 saturated carbocycles. The number of nitrogens with two attached hydrogens (primary N) is 1. The molecule has 0 amide bonds. The SMILES string of the molecule is Nc1c(F)ccc2cc(C(=O)O)sc12. The fraction of sp³-hybridized carbons (Fsp3) is 0. The van der Waals surface area contributed by atoms with Gasteiger partial charge >= 0.3 is 5.97 Å². The van der Waals surface area contributed by atoms with Crippen LogP contribution in [0.1, 0.15) is 9.67 Å². The third-order valence-corrected chi connectivity index (χ3v) is 3.05. The number of rotatable bonds is 1. The topological polar surface area (TPSA) is 63.3 Å². The van der Waals surface area contributed by atoms with Gasteiger partial charge in [-0.1, -0.05) is 6.07 Å². The van der Waals surface area contributed by atoms with Gasteiger partial charge in [-0.2, -0.15) is 0 Å². The lowest BCUT2D eigenvalue weighted by Crippen LogP contribution is -1.89. The van der Waals surface area contributed by atoms with Gasteiger partial charge in [-0.25, -0.2) is 9.18 Å². The molecule has 0 bridgehead atoms. The summed E-state index contributed by atoms with van der Waals surface area (Å²) in [6.07, 6.45) is 0. The minimum Gasteiger partial charge on any atom is -0.477 e. The van der Waals surface area contributed by atoms with Crippen LogP contribution in [-0.2, 0) is 0 Å². The lowest BCUT2D eigenvalue weighted by molar-refractivity contribution is 0.0702. The highest BCUT2D eigenvalue weighted by atomic mass is 32.1. The predicted octanol–water partition coefficient (Wildman–Crippen LogP) is 2.32. The molecule has 72 valence electrons. The van der Waals surface area contributed by atoms with Crippen LogP contribution >= 0.6 is 11.3 Å². The summed E-state index contributed by atoms with van der Waals surface area (Å²) >= 11 is 0.982. The van der Waals surface area contributed by atoms with E-state index in [0.717, 1.165) is 11.3 Å². The highest BCUT2D eigenvalue weighted by molar-refractivity contribution is 7.21. The quantitative estimate of drug-likeness (QED) is 0.711.